The van der Waals surface area contributed by atoms with Gasteiger partial charge in [-0.25, -0.2) is 0 Å². The lowest BCUT2D eigenvalue weighted by Gasteiger charge is -2.31. The highest BCUT2D eigenvalue weighted by Crippen LogP contribution is 2.21. The van der Waals surface area contributed by atoms with Crippen LogP contribution in [0.25, 0.3) is 0 Å². The largest absolute Gasteiger partial charge is 0.369 e. The zero-order valence-corrected chi connectivity index (χ0v) is 12.2. The quantitative estimate of drug-likeness (QED) is 0.806. The van der Waals surface area contributed by atoms with E-state index in [1.165, 1.54) is 32.1 Å². The van der Waals surface area contributed by atoms with Gasteiger partial charge in [0.15, 0.2) is 5.69 Å². The van der Waals surface area contributed by atoms with Crippen molar-refractivity contribution in [1.29, 1.82) is 5.26 Å². The first kappa shape index (κ1) is 14.7. The Hall–Kier alpha value is -1.67. The number of hydrogen-bond acceptors (Lipinski definition) is 5. The topological polar surface area (TPSA) is 64.8 Å². The van der Waals surface area contributed by atoms with Crippen molar-refractivity contribution >= 4 is 5.82 Å². The summed E-state index contributed by atoms with van der Waals surface area (Å²) >= 11 is 0. The molecular weight excluding hydrogens is 250 g/mol. The third-order valence-electron chi connectivity index (χ3n) is 3.97. The first-order valence-corrected chi connectivity index (χ1v) is 7.47. The van der Waals surface area contributed by atoms with E-state index < -0.39 is 0 Å². The second kappa shape index (κ2) is 7.81. The van der Waals surface area contributed by atoms with E-state index in [-0.39, 0.29) is 0 Å². The van der Waals surface area contributed by atoms with Crippen LogP contribution in [0.5, 0.6) is 0 Å². The van der Waals surface area contributed by atoms with Crippen molar-refractivity contribution in [3.8, 4) is 6.07 Å². The highest BCUT2D eigenvalue weighted by molar-refractivity contribution is 5.34. The summed E-state index contributed by atoms with van der Waals surface area (Å²) in [5.41, 5.74) is 0.354. The van der Waals surface area contributed by atoms with Gasteiger partial charge in [-0.2, -0.15) is 5.26 Å². The molecule has 20 heavy (non-hydrogen) atoms. The average molecular weight is 273 g/mol. The number of aromatic nitrogens is 2. The van der Waals surface area contributed by atoms with Crippen LogP contribution in [0, 0.1) is 11.3 Å². The molecule has 1 aliphatic carbocycles. The van der Waals surface area contributed by atoms with Crippen LogP contribution in [0.4, 0.5) is 5.82 Å². The van der Waals surface area contributed by atoms with Crippen LogP contribution in [-0.2, 0) is 0 Å². The molecule has 0 atom stereocenters. The number of nitrogens with zero attached hydrogens (tertiary/aromatic N) is 4. The Kier molecular flexibility index (Phi) is 5.75. The molecule has 0 saturated heterocycles. The summed E-state index contributed by atoms with van der Waals surface area (Å²) < 4.78 is 0. The Labute approximate surface area is 121 Å². The van der Waals surface area contributed by atoms with Crippen LogP contribution in [-0.4, -0.2) is 41.3 Å². The summed E-state index contributed by atoms with van der Waals surface area (Å²) in [6.07, 6.45) is 7.97. The molecule has 1 N–H and O–H groups in total. The van der Waals surface area contributed by atoms with Gasteiger partial charge in [-0.1, -0.05) is 19.3 Å². The highest BCUT2D eigenvalue weighted by atomic mass is 15.2. The molecule has 1 saturated carbocycles. The molecule has 5 heteroatoms. The number of anilines is 1. The maximum absolute atomic E-state index is 8.65. The summed E-state index contributed by atoms with van der Waals surface area (Å²) in [6, 6.07) is 6.23. The molecule has 0 unspecified atom stereocenters. The zero-order chi connectivity index (χ0) is 14.2. The Morgan fingerprint density at radius 3 is 2.75 bits per heavy atom. The second-order valence-electron chi connectivity index (χ2n) is 5.47. The lowest BCUT2D eigenvalue weighted by molar-refractivity contribution is 0.191. The van der Waals surface area contributed by atoms with Gasteiger partial charge in [0.05, 0.1) is 0 Å². The van der Waals surface area contributed by atoms with Crippen molar-refractivity contribution in [3.05, 3.63) is 17.8 Å². The van der Waals surface area contributed by atoms with Crippen molar-refractivity contribution in [3.63, 3.8) is 0 Å². The number of nitriles is 1. The molecule has 1 heterocycles. The molecule has 2 rings (SSSR count). The van der Waals surface area contributed by atoms with E-state index in [4.69, 9.17) is 5.26 Å². The molecule has 1 aliphatic rings. The van der Waals surface area contributed by atoms with Crippen LogP contribution < -0.4 is 5.32 Å². The van der Waals surface area contributed by atoms with Crippen molar-refractivity contribution < 1.29 is 0 Å². The minimum atomic E-state index is 0.354. The monoisotopic (exact) mass is 273 g/mol. The van der Waals surface area contributed by atoms with Gasteiger partial charge in [0, 0.05) is 12.6 Å². The van der Waals surface area contributed by atoms with E-state index in [1.807, 2.05) is 6.07 Å². The van der Waals surface area contributed by atoms with Crippen LogP contribution in [0.3, 0.4) is 0 Å². The Balaban J connectivity index is 1.64. The minimum Gasteiger partial charge on any atom is -0.369 e. The van der Waals surface area contributed by atoms with Crippen LogP contribution in [0.2, 0.25) is 0 Å². The molecular formula is C15H23N5. The van der Waals surface area contributed by atoms with E-state index in [9.17, 15) is 0 Å². The van der Waals surface area contributed by atoms with Crippen molar-refractivity contribution in [2.75, 3.05) is 25.5 Å². The SMILES string of the molecule is CN(CCCNc1ccc(C#N)nn1)C1CCCCC1. The smallest absolute Gasteiger partial charge is 0.163 e. The van der Waals surface area contributed by atoms with Crippen molar-refractivity contribution in [1.82, 2.24) is 15.1 Å². The highest BCUT2D eigenvalue weighted by Gasteiger charge is 2.17. The van der Waals surface area contributed by atoms with Gasteiger partial charge in [0.25, 0.3) is 0 Å². The molecule has 0 radical (unpaired) electrons. The zero-order valence-electron chi connectivity index (χ0n) is 12.2. The summed E-state index contributed by atoms with van der Waals surface area (Å²) in [7, 11) is 2.23. The first-order valence-electron chi connectivity index (χ1n) is 7.47. The number of nitrogens with one attached hydrogen (secondary N) is 1. The maximum Gasteiger partial charge on any atom is 0.163 e. The Bertz CT molecular complexity index is 431. The molecule has 1 aromatic rings. The van der Waals surface area contributed by atoms with E-state index >= 15 is 0 Å². The summed E-state index contributed by atoms with van der Waals surface area (Å²) in [4.78, 5) is 2.49. The van der Waals surface area contributed by atoms with E-state index in [2.05, 4.69) is 27.5 Å². The van der Waals surface area contributed by atoms with E-state index in [0.717, 1.165) is 31.4 Å². The van der Waals surface area contributed by atoms with Crippen LogP contribution in [0.15, 0.2) is 12.1 Å². The molecule has 0 bridgehead atoms. The lowest BCUT2D eigenvalue weighted by atomic mass is 9.94. The maximum atomic E-state index is 8.65. The minimum absolute atomic E-state index is 0.354. The van der Waals surface area contributed by atoms with Gasteiger partial charge in [0.1, 0.15) is 11.9 Å². The van der Waals surface area contributed by atoms with E-state index in [1.54, 1.807) is 12.1 Å². The molecule has 1 aromatic heterocycles. The van der Waals surface area contributed by atoms with E-state index in [0.29, 0.717) is 5.69 Å². The molecule has 1 fully saturated rings. The van der Waals surface area contributed by atoms with Gasteiger partial charge in [-0.15, -0.1) is 10.2 Å². The Morgan fingerprint density at radius 2 is 2.10 bits per heavy atom. The van der Waals surface area contributed by atoms with Gasteiger partial charge in [-0.05, 0) is 45.0 Å². The van der Waals surface area contributed by atoms with Crippen LogP contribution in [0.1, 0.15) is 44.2 Å². The fourth-order valence-corrected chi connectivity index (χ4v) is 2.74. The van der Waals surface area contributed by atoms with Crippen LogP contribution >= 0.6 is 0 Å². The molecule has 0 aliphatic heterocycles. The van der Waals surface area contributed by atoms with Gasteiger partial charge in [0.2, 0.25) is 0 Å². The number of hydrogen-bond donors (Lipinski definition) is 1. The normalized spacial score (nSPS) is 16.1. The fraction of sp³-hybridized carbons (Fsp3) is 0.667. The molecule has 0 amide bonds. The Morgan fingerprint density at radius 1 is 1.30 bits per heavy atom. The van der Waals surface area contributed by atoms with Crippen molar-refractivity contribution in [2.24, 2.45) is 0 Å². The fourth-order valence-electron chi connectivity index (χ4n) is 2.74. The third-order valence-corrected chi connectivity index (χ3v) is 3.97. The molecule has 5 nitrogen and oxygen atoms in total. The predicted octanol–water partition coefficient (Wildman–Crippen LogP) is 2.41. The summed E-state index contributed by atoms with van der Waals surface area (Å²) in [5, 5.41) is 19.7. The predicted molar refractivity (Wildman–Crippen MR) is 79.4 cm³/mol. The average Bonchev–Trinajstić information content (AvgIpc) is 2.53. The van der Waals surface area contributed by atoms with Crippen molar-refractivity contribution in [2.45, 2.75) is 44.6 Å². The van der Waals surface area contributed by atoms with Gasteiger partial charge in [-0.3, -0.25) is 0 Å². The molecule has 0 aromatic carbocycles. The summed E-state index contributed by atoms with van der Waals surface area (Å²) in [6.45, 7) is 2.00. The first-order chi connectivity index (χ1) is 9.79. The summed E-state index contributed by atoms with van der Waals surface area (Å²) in [5.74, 6) is 0.740. The third kappa shape index (κ3) is 4.46. The molecule has 0 spiro atoms. The molecule has 108 valence electrons. The second-order valence-corrected chi connectivity index (χ2v) is 5.47. The standard InChI is InChI=1S/C15H23N5/c1-20(14-6-3-2-4-7-14)11-5-10-17-15-9-8-13(12-16)18-19-15/h8-9,14H,2-7,10-11H2,1H3,(H,17,19). The number of rotatable bonds is 6. The van der Waals surface area contributed by atoms with Gasteiger partial charge < -0.3 is 10.2 Å². The lowest BCUT2D eigenvalue weighted by Crippen LogP contribution is -2.34. The van der Waals surface area contributed by atoms with Gasteiger partial charge >= 0.3 is 0 Å².